The third-order valence-corrected chi connectivity index (χ3v) is 3.07. The van der Waals surface area contributed by atoms with Crippen molar-refractivity contribution in [3.05, 3.63) is 21.3 Å². The van der Waals surface area contributed by atoms with Crippen molar-refractivity contribution in [1.29, 1.82) is 0 Å². The van der Waals surface area contributed by atoms with Gasteiger partial charge in [0, 0.05) is 19.1 Å². The Morgan fingerprint density at radius 2 is 2.40 bits per heavy atom. The number of nitrogens with two attached hydrogens (primary N) is 1. The molecule has 2 amide bonds. The largest absolute Gasteiger partial charge is 0.352 e. The second kappa shape index (κ2) is 5.95. The molecule has 0 aliphatic heterocycles. The lowest BCUT2D eigenvalue weighted by atomic mass is 10.2. The fourth-order valence-corrected chi connectivity index (χ4v) is 2.13. The van der Waals surface area contributed by atoms with Crippen LogP contribution in [0.1, 0.15) is 18.5 Å². The van der Waals surface area contributed by atoms with Gasteiger partial charge in [0.15, 0.2) is 0 Å². The third-order valence-electron chi connectivity index (χ3n) is 1.96. The first kappa shape index (κ1) is 12.3. The molecule has 0 bridgehead atoms. The van der Waals surface area contributed by atoms with Crippen molar-refractivity contribution in [3.8, 4) is 0 Å². The molecule has 1 atom stereocenters. The Bertz CT molecular complexity index is 329. The van der Waals surface area contributed by atoms with Crippen molar-refractivity contribution < 1.29 is 4.79 Å². The van der Waals surface area contributed by atoms with Crippen molar-refractivity contribution in [1.82, 2.24) is 10.6 Å². The molecular weight excluding hydrogens is 234 g/mol. The number of hydrogen-bond donors (Lipinski definition) is 3. The lowest BCUT2D eigenvalue weighted by Crippen LogP contribution is -2.35. The SMILES string of the molecule is CC(NCCNC(N)=O)c1csc(Cl)c1. The van der Waals surface area contributed by atoms with E-state index in [0.717, 1.165) is 9.90 Å². The first-order valence-corrected chi connectivity index (χ1v) is 5.86. The highest BCUT2D eigenvalue weighted by Gasteiger charge is 2.06. The van der Waals surface area contributed by atoms with Crippen molar-refractivity contribution in [2.75, 3.05) is 13.1 Å². The van der Waals surface area contributed by atoms with E-state index in [4.69, 9.17) is 17.3 Å². The molecule has 15 heavy (non-hydrogen) atoms. The molecule has 0 aliphatic rings. The predicted octanol–water partition coefficient (Wildman–Crippen LogP) is 1.72. The normalized spacial score (nSPS) is 12.4. The number of thiophene rings is 1. The topological polar surface area (TPSA) is 67.2 Å². The minimum atomic E-state index is -0.497. The summed E-state index contributed by atoms with van der Waals surface area (Å²) in [5.41, 5.74) is 6.09. The standard InChI is InChI=1S/C9H14ClN3OS/c1-6(7-4-8(10)15-5-7)12-2-3-13-9(11)14/h4-6,12H,2-3H2,1H3,(H3,11,13,14). The van der Waals surface area contributed by atoms with Crippen molar-refractivity contribution in [2.24, 2.45) is 5.73 Å². The Hall–Kier alpha value is -0.780. The molecule has 6 heteroatoms. The van der Waals surface area contributed by atoms with Crippen LogP contribution in [0.15, 0.2) is 11.4 Å². The minimum Gasteiger partial charge on any atom is -0.352 e. The molecule has 0 aliphatic carbocycles. The zero-order valence-corrected chi connectivity index (χ0v) is 9.99. The van der Waals surface area contributed by atoms with Gasteiger partial charge < -0.3 is 16.4 Å². The molecular formula is C9H14ClN3OS. The second-order valence-corrected chi connectivity index (χ2v) is 4.69. The first-order chi connectivity index (χ1) is 7.09. The average Bonchev–Trinajstić information content (AvgIpc) is 2.59. The van der Waals surface area contributed by atoms with E-state index in [-0.39, 0.29) is 6.04 Å². The lowest BCUT2D eigenvalue weighted by Gasteiger charge is -2.12. The van der Waals surface area contributed by atoms with Gasteiger partial charge in [-0.1, -0.05) is 11.6 Å². The van der Waals surface area contributed by atoms with E-state index in [1.54, 1.807) is 0 Å². The molecule has 0 fully saturated rings. The Labute approximate surface area is 97.8 Å². The van der Waals surface area contributed by atoms with Gasteiger partial charge in [-0.25, -0.2) is 4.79 Å². The van der Waals surface area contributed by atoms with Crippen LogP contribution in [0.2, 0.25) is 4.34 Å². The van der Waals surface area contributed by atoms with Crippen LogP contribution in [0.4, 0.5) is 4.79 Å². The number of carbonyl (C=O) groups is 1. The monoisotopic (exact) mass is 247 g/mol. The first-order valence-electron chi connectivity index (χ1n) is 4.60. The summed E-state index contributed by atoms with van der Waals surface area (Å²) < 4.78 is 0.786. The van der Waals surface area contributed by atoms with Gasteiger partial charge in [-0.15, -0.1) is 11.3 Å². The summed E-state index contributed by atoms with van der Waals surface area (Å²) in [5, 5.41) is 7.77. The fraction of sp³-hybridized carbons (Fsp3) is 0.444. The molecule has 0 saturated heterocycles. The number of nitrogens with one attached hydrogen (secondary N) is 2. The quantitative estimate of drug-likeness (QED) is 0.694. The summed E-state index contributed by atoms with van der Waals surface area (Å²) in [6.45, 7) is 3.25. The Balaban J connectivity index is 2.24. The maximum absolute atomic E-state index is 10.4. The van der Waals surface area contributed by atoms with Crippen LogP contribution in [-0.4, -0.2) is 19.1 Å². The van der Waals surface area contributed by atoms with Gasteiger partial charge in [0.2, 0.25) is 0 Å². The van der Waals surface area contributed by atoms with E-state index in [2.05, 4.69) is 10.6 Å². The van der Waals surface area contributed by atoms with Gasteiger partial charge in [0.05, 0.1) is 4.34 Å². The number of amides is 2. The van der Waals surface area contributed by atoms with Crippen LogP contribution >= 0.6 is 22.9 Å². The molecule has 4 N–H and O–H groups in total. The molecule has 1 heterocycles. The van der Waals surface area contributed by atoms with E-state index >= 15 is 0 Å². The molecule has 84 valence electrons. The van der Waals surface area contributed by atoms with Gasteiger partial charge in [-0.3, -0.25) is 0 Å². The van der Waals surface area contributed by atoms with Crippen LogP contribution in [0.3, 0.4) is 0 Å². The fourth-order valence-electron chi connectivity index (χ4n) is 1.14. The molecule has 0 spiro atoms. The maximum Gasteiger partial charge on any atom is 0.312 e. The summed E-state index contributed by atoms with van der Waals surface area (Å²) in [5.74, 6) is 0. The Kier molecular flexibility index (Phi) is 4.87. The number of hydrogen-bond acceptors (Lipinski definition) is 3. The summed E-state index contributed by atoms with van der Waals surface area (Å²) in [7, 11) is 0. The minimum absolute atomic E-state index is 0.225. The molecule has 1 aromatic rings. The van der Waals surface area contributed by atoms with Crippen molar-refractivity contribution in [3.63, 3.8) is 0 Å². The van der Waals surface area contributed by atoms with Crippen LogP contribution in [0.25, 0.3) is 0 Å². The van der Waals surface area contributed by atoms with Crippen LogP contribution in [0, 0.1) is 0 Å². The van der Waals surface area contributed by atoms with Gasteiger partial charge in [0.25, 0.3) is 0 Å². The van der Waals surface area contributed by atoms with E-state index in [1.165, 1.54) is 11.3 Å². The number of rotatable bonds is 5. The second-order valence-electron chi connectivity index (χ2n) is 3.15. The van der Waals surface area contributed by atoms with Crippen LogP contribution in [0.5, 0.6) is 0 Å². The Morgan fingerprint density at radius 1 is 1.67 bits per heavy atom. The van der Waals surface area contributed by atoms with Gasteiger partial charge in [-0.05, 0) is 23.9 Å². The third kappa shape index (κ3) is 4.51. The molecule has 1 unspecified atom stereocenters. The van der Waals surface area contributed by atoms with E-state index in [0.29, 0.717) is 13.1 Å². The highest BCUT2D eigenvalue weighted by Crippen LogP contribution is 2.24. The zero-order valence-electron chi connectivity index (χ0n) is 8.42. The van der Waals surface area contributed by atoms with Crippen LogP contribution < -0.4 is 16.4 Å². The summed E-state index contributed by atoms with van der Waals surface area (Å²) in [6.07, 6.45) is 0. The van der Waals surface area contributed by atoms with Gasteiger partial charge >= 0.3 is 6.03 Å². The number of primary amides is 1. The highest BCUT2D eigenvalue weighted by molar-refractivity contribution is 7.14. The average molecular weight is 248 g/mol. The van der Waals surface area contributed by atoms with Crippen LogP contribution in [-0.2, 0) is 0 Å². The smallest absolute Gasteiger partial charge is 0.312 e. The van der Waals surface area contributed by atoms with Crippen molar-refractivity contribution in [2.45, 2.75) is 13.0 Å². The van der Waals surface area contributed by atoms with E-state index in [9.17, 15) is 4.79 Å². The molecule has 1 rings (SSSR count). The lowest BCUT2D eigenvalue weighted by molar-refractivity contribution is 0.249. The predicted molar refractivity (Wildman–Crippen MR) is 63.3 cm³/mol. The summed E-state index contributed by atoms with van der Waals surface area (Å²) in [4.78, 5) is 10.4. The van der Waals surface area contributed by atoms with Gasteiger partial charge in [0.1, 0.15) is 0 Å². The maximum atomic E-state index is 10.4. The molecule has 4 nitrogen and oxygen atoms in total. The number of halogens is 1. The zero-order chi connectivity index (χ0) is 11.3. The summed E-state index contributed by atoms with van der Waals surface area (Å²) >= 11 is 7.34. The van der Waals surface area contributed by atoms with E-state index in [1.807, 2.05) is 18.4 Å². The number of urea groups is 1. The van der Waals surface area contributed by atoms with Crippen molar-refractivity contribution >= 4 is 29.0 Å². The molecule has 0 aromatic carbocycles. The highest BCUT2D eigenvalue weighted by atomic mass is 35.5. The van der Waals surface area contributed by atoms with E-state index < -0.39 is 6.03 Å². The Morgan fingerprint density at radius 3 is 2.93 bits per heavy atom. The summed E-state index contributed by atoms with van der Waals surface area (Å²) in [6, 6.07) is 1.66. The molecule has 0 radical (unpaired) electrons. The van der Waals surface area contributed by atoms with Gasteiger partial charge in [-0.2, -0.15) is 0 Å². The molecule has 0 saturated carbocycles. The number of carbonyl (C=O) groups excluding carboxylic acids is 1. The molecule has 1 aromatic heterocycles.